The molecule has 0 atom stereocenters. The number of nitrogens with one attached hydrogen (secondary N) is 1. The Bertz CT molecular complexity index is 1030. The maximum absolute atomic E-state index is 12.3. The van der Waals surface area contributed by atoms with Crippen LogP contribution >= 0.6 is 0 Å². The number of tetrazole rings is 1. The van der Waals surface area contributed by atoms with E-state index in [1.807, 2.05) is 18.0 Å². The number of sulfone groups is 1. The molecule has 2 aromatic rings. The first-order chi connectivity index (χ1) is 13.9. The summed E-state index contributed by atoms with van der Waals surface area (Å²) in [5, 5.41) is 13.7. The molecule has 0 amide bonds. The van der Waals surface area contributed by atoms with Gasteiger partial charge in [-0.1, -0.05) is 0 Å². The van der Waals surface area contributed by atoms with Crippen LogP contribution in [0.15, 0.2) is 34.6 Å². The summed E-state index contributed by atoms with van der Waals surface area (Å²) in [5.41, 5.74) is 1.12. The fourth-order valence-electron chi connectivity index (χ4n) is 3.45. The quantitative estimate of drug-likeness (QED) is 0.753. The van der Waals surface area contributed by atoms with Gasteiger partial charge in [-0.25, -0.2) is 23.5 Å². The summed E-state index contributed by atoms with van der Waals surface area (Å²) < 4.78 is 30.6. The zero-order chi connectivity index (χ0) is 20.4. The van der Waals surface area contributed by atoms with Gasteiger partial charge < -0.3 is 14.5 Å². The SMILES string of the molecule is CN1CC=CN=C1OC1CCN(c2ccnc(S(C)(=O)=O)c2-c2nnn[nH]2)CC1. The van der Waals surface area contributed by atoms with Crippen molar-refractivity contribution in [1.29, 1.82) is 0 Å². The van der Waals surface area contributed by atoms with E-state index in [4.69, 9.17) is 4.74 Å². The minimum Gasteiger partial charge on any atom is -0.461 e. The molecule has 4 rings (SSSR count). The first-order valence-electron chi connectivity index (χ1n) is 9.22. The van der Waals surface area contributed by atoms with Crippen LogP contribution in [0.2, 0.25) is 0 Å². The normalized spacial score (nSPS) is 18.1. The molecule has 0 aromatic carbocycles. The molecule has 4 heterocycles. The highest BCUT2D eigenvalue weighted by Gasteiger charge is 2.29. The molecule has 0 radical (unpaired) electrons. The highest BCUT2D eigenvalue weighted by Crippen LogP contribution is 2.34. The molecule has 11 nitrogen and oxygen atoms in total. The van der Waals surface area contributed by atoms with Gasteiger partial charge in [-0.3, -0.25) is 0 Å². The van der Waals surface area contributed by atoms with Gasteiger partial charge in [-0.15, -0.1) is 5.10 Å². The molecule has 2 aliphatic heterocycles. The fourth-order valence-corrected chi connectivity index (χ4v) is 4.27. The van der Waals surface area contributed by atoms with Crippen molar-refractivity contribution in [3.05, 3.63) is 24.5 Å². The number of hydrogen-bond acceptors (Lipinski definition) is 10. The third-order valence-electron chi connectivity index (χ3n) is 4.88. The standard InChI is InChI=1S/C17H22N8O3S/c1-24-9-3-7-19-17(24)28-12-5-10-25(11-6-12)13-4-8-18-16(29(2,26)27)14(13)15-20-22-23-21-15/h3-4,7-8,12H,5-6,9-11H2,1-2H3,(H,20,21,22,23). The van der Waals surface area contributed by atoms with Crippen molar-refractivity contribution < 1.29 is 13.2 Å². The molecule has 0 saturated carbocycles. The van der Waals surface area contributed by atoms with E-state index >= 15 is 0 Å². The van der Waals surface area contributed by atoms with Crippen LogP contribution in [0.5, 0.6) is 0 Å². The maximum atomic E-state index is 12.3. The van der Waals surface area contributed by atoms with Gasteiger partial charge in [0.25, 0.3) is 6.02 Å². The minimum atomic E-state index is -3.56. The summed E-state index contributed by atoms with van der Waals surface area (Å²) in [6.45, 7) is 2.16. The molecule has 0 bridgehead atoms. The van der Waals surface area contributed by atoms with Crippen molar-refractivity contribution in [3.8, 4) is 11.4 Å². The van der Waals surface area contributed by atoms with Crippen molar-refractivity contribution in [2.75, 3.05) is 37.8 Å². The lowest BCUT2D eigenvalue weighted by molar-refractivity contribution is 0.132. The zero-order valence-electron chi connectivity index (χ0n) is 16.2. The molecule has 1 N–H and O–H groups in total. The van der Waals surface area contributed by atoms with Gasteiger partial charge in [-0.2, -0.15) is 0 Å². The van der Waals surface area contributed by atoms with Crippen molar-refractivity contribution in [3.63, 3.8) is 0 Å². The first kappa shape index (κ1) is 19.3. The minimum absolute atomic E-state index is 0.0445. The second-order valence-electron chi connectivity index (χ2n) is 7.01. The Morgan fingerprint density at radius 1 is 1.28 bits per heavy atom. The van der Waals surface area contributed by atoms with Crippen molar-refractivity contribution in [2.45, 2.75) is 24.0 Å². The van der Waals surface area contributed by atoms with Crippen LogP contribution in [0, 0.1) is 0 Å². The number of anilines is 1. The van der Waals surface area contributed by atoms with Crippen molar-refractivity contribution in [1.82, 2.24) is 30.5 Å². The smallest absolute Gasteiger partial charge is 0.292 e. The van der Waals surface area contributed by atoms with E-state index in [1.54, 1.807) is 12.3 Å². The van der Waals surface area contributed by atoms with Gasteiger partial charge in [0.2, 0.25) is 0 Å². The number of aromatic amines is 1. The van der Waals surface area contributed by atoms with Gasteiger partial charge in [-0.05, 0) is 22.6 Å². The van der Waals surface area contributed by atoms with E-state index in [0.29, 0.717) is 24.7 Å². The van der Waals surface area contributed by atoms with Gasteiger partial charge in [0.05, 0.1) is 11.3 Å². The number of likely N-dealkylation sites (N-methyl/N-ethyl adjacent to an activating group) is 1. The predicted molar refractivity (Wildman–Crippen MR) is 106 cm³/mol. The van der Waals surface area contributed by atoms with Crippen LogP contribution in [0.25, 0.3) is 11.4 Å². The Labute approximate surface area is 168 Å². The summed E-state index contributed by atoms with van der Waals surface area (Å²) in [6, 6.07) is 2.42. The molecule has 154 valence electrons. The van der Waals surface area contributed by atoms with Crippen LogP contribution in [-0.2, 0) is 14.6 Å². The number of hydrogen-bond donors (Lipinski definition) is 1. The monoisotopic (exact) mass is 418 g/mol. The van der Waals surface area contributed by atoms with Gasteiger partial charge >= 0.3 is 0 Å². The van der Waals surface area contributed by atoms with Crippen LogP contribution < -0.4 is 4.90 Å². The number of nitrogens with zero attached hydrogens (tertiary/aromatic N) is 7. The van der Waals surface area contributed by atoms with Gasteiger partial charge in [0.1, 0.15) is 6.10 Å². The number of aliphatic imine (C=N–C) groups is 1. The predicted octanol–water partition coefficient (Wildman–Crippen LogP) is 0.466. The second kappa shape index (κ2) is 7.78. The summed E-state index contributed by atoms with van der Waals surface area (Å²) in [6.07, 6.45) is 7.96. The van der Waals surface area contributed by atoms with E-state index in [2.05, 4.69) is 35.5 Å². The van der Waals surface area contributed by atoms with Crippen molar-refractivity contribution >= 4 is 21.5 Å². The summed E-state index contributed by atoms with van der Waals surface area (Å²) in [7, 11) is -1.62. The number of piperidine rings is 1. The highest BCUT2D eigenvalue weighted by atomic mass is 32.2. The second-order valence-corrected chi connectivity index (χ2v) is 8.94. The van der Waals surface area contributed by atoms with E-state index in [1.165, 1.54) is 6.20 Å². The van der Waals surface area contributed by atoms with E-state index in [0.717, 1.165) is 31.3 Å². The molecule has 29 heavy (non-hydrogen) atoms. The van der Waals surface area contributed by atoms with Gasteiger partial charge in [0.15, 0.2) is 20.7 Å². The van der Waals surface area contributed by atoms with Crippen molar-refractivity contribution in [2.24, 2.45) is 4.99 Å². The number of aromatic nitrogens is 5. The molecule has 12 heteroatoms. The first-order valence-corrected chi connectivity index (χ1v) is 11.1. The average Bonchev–Trinajstić information content (AvgIpc) is 3.24. The lowest BCUT2D eigenvalue weighted by Crippen LogP contribution is -2.41. The zero-order valence-corrected chi connectivity index (χ0v) is 17.0. The maximum Gasteiger partial charge on any atom is 0.292 e. The molecule has 0 spiro atoms. The number of pyridine rings is 1. The fraction of sp³-hybridized carbons (Fsp3) is 0.471. The summed E-state index contributed by atoms with van der Waals surface area (Å²) in [4.78, 5) is 12.4. The Kier molecular flexibility index (Phi) is 5.18. The summed E-state index contributed by atoms with van der Waals surface area (Å²) >= 11 is 0. The van der Waals surface area contributed by atoms with E-state index in [9.17, 15) is 8.42 Å². The molecular weight excluding hydrogens is 396 g/mol. The van der Waals surface area contributed by atoms with Crippen LogP contribution in [0.3, 0.4) is 0 Å². The number of ether oxygens (including phenoxy) is 1. The topological polar surface area (TPSA) is 130 Å². The lowest BCUT2D eigenvalue weighted by Gasteiger charge is -2.35. The van der Waals surface area contributed by atoms with E-state index in [-0.39, 0.29) is 17.0 Å². The average molecular weight is 418 g/mol. The third kappa shape index (κ3) is 4.06. The number of H-pyrrole nitrogens is 1. The van der Waals surface area contributed by atoms with Crippen LogP contribution in [-0.4, -0.2) is 84.0 Å². The Balaban J connectivity index is 1.56. The van der Waals surface area contributed by atoms with Gasteiger partial charge in [0, 0.05) is 58.2 Å². The molecular formula is C17H22N8O3S. The molecule has 0 aliphatic carbocycles. The number of amidine groups is 1. The molecule has 1 fully saturated rings. The molecule has 2 aliphatic rings. The third-order valence-corrected chi connectivity index (χ3v) is 5.89. The Hall–Kier alpha value is -3.02. The molecule has 0 unspecified atom stereocenters. The lowest BCUT2D eigenvalue weighted by atomic mass is 10.1. The molecule has 2 aromatic heterocycles. The van der Waals surface area contributed by atoms with Crippen LogP contribution in [0.1, 0.15) is 12.8 Å². The Morgan fingerprint density at radius 2 is 2.07 bits per heavy atom. The largest absolute Gasteiger partial charge is 0.461 e. The summed E-state index contributed by atoms with van der Waals surface area (Å²) in [5.74, 6) is 0.275. The highest BCUT2D eigenvalue weighted by molar-refractivity contribution is 7.90. The van der Waals surface area contributed by atoms with E-state index < -0.39 is 9.84 Å². The number of rotatable bonds is 4. The molecule has 1 saturated heterocycles. The Morgan fingerprint density at radius 3 is 2.72 bits per heavy atom. The van der Waals surface area contributed by atoms with Crippen LogP contribution in [0.4, 0.5) is 5.69 Å².